The Bertz CT molecular complexity index is 1670. The van der Waals surface area contributed by atoms with E-state index in [9.17, 15) is 9.59 Å². The van der Waals surface area contributed by atoms with Crippen LogP contribution in [-0.4, -0.2) is 14.2 Å². The zero-order valence-corrected chi connectivity index (χ0v) is 17.1. The van der Waals surface area contributed by atoms with E-state index >= 15 is 0 Å². The number of rotatable bonds is 2. The van der Waals surface area contributed by atoms with Crippen LogP contribution in [0.3, 0.4) is 0 Å². The first kappa shape index (κ1) is 16.7. The Balaban J connectivity index is 2.09. The Morgan fingerprint density at radius 2 is 1.45 bits per heavy atom. The molecule has 0 amide bonds. The number of methoxy groups -OCH3 is 2. The maximum atomic E-state index is 13.6. The lowest BCUT2D eigenvalue weighted by Gasteiger charge is -2.22. The van der Waals surface area contributed by atoms with Crippen molar-refractivity contribution in [3.05, 3.63) is 67.4 Å². The van der Waals surface area contributed by atoms with Crippen LogP contribution < -0.4 is 20.3 Å². The largest absolute Gasteiger partial charge is 0.497 e. The second-order valence-electron chi connectivity index (χ2n) is 7.27. The van der Waals surface area contributed by atoms with Gasteiger partial charge in [-0.15, -0.1) is 0 Å². The van der Waals surface area contributed by atoms with Crippen molar-refractivity contribution < 1.29 is 9.47 Å². The van der Waals surface area contributed by atoms with Gasteiger partial charge in [-0.3, -0.25) is 9.59 Å². The van der Waals surface area contributed by atoms with E-state index in [-0.39, 0.29) is 10.9 Å². The first-order valence-electron chi connectivity index (χ1n) is 9.13. The molecule has 29 heavy (non-hydrogen) atoms. The van der Waals surface area contributed by atoms with Gasteiger partial charge in [0.1, 0.15) is 11.5 Å². The summed E-state index contributed by atoms with van der Waals surface area (Å²) in [4.78, 5) is 27.1. The van der Waals surface area contributed by atoms with Crippen molar-refractivity contribution in [3.63, 3.8) is 0 Å². The molecule has 0 aromatic heterocycles. The van der Waals surface area contributed by atoms with Crippen LogP contribution in [0.1, 0.15) is 0 Å². The van der Waals surface area contributed by atoms with Gasteiger partial charge < -0.3 is 9.47 Å². The summed E-state index contributed by atoms with van der Waals surface area (Å²) in [5, 5.41) is 5.61. The minimum Gasteiger partial charge on any atom is -0.497 e. The molecule has 0 saturated heterocycles. The molecular weight excluding hydrogens is 432 g/mol. The van der Waals surface area contributed by atoms with Crippen LogP contribution in [0, 0.1) is 0 Å². The van der Waals surface area contributed by atoms with Gasteiger partial charge in [0.15, 0.2) is 10.9 Å². The Labute approximate surface area is 172 Å². The van der Waals surface area contributed by atoms with Crippen molar-refractivity contribution in [1.29, 1.82) is 0 Å². The Kier molecular flexibility index (Phi) is 3.15. The maximum absolute atomic E-state index is 13.6. The summed E-state index contributed by atoms with van der Waals surface area (Å²) in [7, 11) is 3.14. The summed E-state index contributed by atoms with van der Waals surface area (Å²) in [6.07, 6.45) is 0. The van der Waals surface area contributed by atoms with Crippen LogP contribution in [0.2, 0.25) is 0 Å². The van der Waals surface area contributed by atoms with Gasteiger partial charge in [-0.2, -0.15) is 0 Å². The zero-order chi connectivity index (χ0) is 20.0. The minimum absolute atomic E-state index is 0.0701. The predicted octanol–water partition coefficient (Wildman–Crippen LogP) is 5.22. The lowest BCUT2D eigenvalue weighted by atomic mass is 9.81. The van der Waals surface area contributed by atoms with Gasteiger partial charge >= 0.3 is 0 Å². The highest BCUT2D eigenvalue weighted by Gasteiger charge is 2.28. The Morgan fingerprint density at radius 3 is 2.21 bits per heavy atom. The van der Waals surface area contributed by atoms with Crippen molar-refractivity contribution in [1.82, 2.24) is 0 Å². The standard InChI is InChI=1S/C24H13BrO4/c1-28-11-7-10-3-4-13-20-18(10)14(8-11)23(26)15-9-16(25)12-5-6-17(29-2)22(24(13)27)19(12)21(15)20/h3-9H,1-2H3. The minimum atomic E-state index is -0.0861. The van der Waals surface area contributed by atoms with E-state index in [4.69, 9.17) is 9.47 Å². The SMILES string of the molecule is COc1cc2ccc3c4c2c(c1)c(=O)c1cc(Br)c2ccc(OC)c(c3=O)c2c1-4. The van der Waals surface area contributed by atoms with E-state index in [2.05, 4.69) is 15.9 Å². The fourth-order valence-electron chi connectivity index (χ4n) is 4.75. The van der Waals surface area contributed by atoms with Crippen LogP contribution in [-0.2, 0) is 0 Å². The van der Waals surface area contributed by atoms with Gasteiger partial charge in [0.25, 0.3) is 0 Å². The summed E-state index contributed by atoms with van der Waals surface area (Å²) >= 11 is 3.60. The van der Waals surface area contributed by atoms with E-state index in [1.54, 1.807) is 26.4 Å². The molecule has 0 N–H and O–H groups in total. The maximum Gasteiger partial charge on any atom is 0.198 e. The number of ether oxygens (including phenoxy) is 2. The van der Waals surface area contributed by atoms with Gasteiger partial charge in [-0.1, -0.05) is 22.0 Å². The van der Waals surface area contributed by atoms with Gasteiger partial charge in [-0.25, -0.2) is 0 Å². The second-order valence-corrected chi connectivity index (χ2v) is 8.12. The van der Waals surface area contributed by atoms with Gasteiger partial charge in [0.2, 0.25) is 0 Å². The lowest BCUT2D eigenvalue weighted by Crippen LogP contribution is -2.14. The van der Waals surface area contributed by atoms with Crippen molar-refractivity contribution in [2.75, 3.05) is 14.2 Å². The summed E-state index contributed by atoms with van der Waals surface area (Å²) < 4.78 is 11.7. The highest BCUT2D eigenvalue weighted by molar-refractivity contribution is 9.10. The average molecular weight is 445 g/mol. The molecule has 5 heteroatoms. The number of hydrogen-bond donors (Lipinski definition) is 0. The van der Waals surface area contributed by atoms with Crippen molar-refractivity contribution >= 4 is 59.0 Å². The summed E-state index contributed by atoms with van der Waals surface area (Å²) in [5.74, 6) is 1.13. The normalized spacial score (nSPS) is 12.2. The molecule has 140 valence electrons. The molecule has 4 nitrogen and oxygen atoms in total. The highest BCUT2D eigenvalue weighted by atomic mass is 79.9. The molecule has 0 radical (unpaired) electrons. The van der Waals surface area contributed by atoms with E-state index in [0.29, 0.717) is 33.0 Å². The summed E-state index contributed by atoms with van der Waals surface area (Å²) in [5.41, 5.74) is 1.49. The van der Waals surface area contributed by atoms with E-state index in [1.807, 2.05) is 30.3 Å². The molecule has 6 rings (SSSR count). The van der Waals surface area contributed by atoms with Crippen LogP contribution in [0.5, 0.6) is 11.5 Å². The Hall–Kier alpha value is -3.18. The summed E-state index contributed by atoms with van der Waals surface area (Å²) in [6.45, 7) is 0. The molecule has 2 aliphatic carbocycles. The van der Waals surface area contributed by atoms with Gasteiger partial charge in [0, 0.05) is 42.5 Å². The van der Waals surface area contributed by atoms with Gasteiger partial charge in [-0.05, 0) is 47.2 Å². The van der Waals surface area contributed by atoms with E-state index in [1.165, 1.54) is 0 Å². The fraction of sp³-hybridized carbons (Fsp3) is 0.0833. The molecular formula is C24H13BrO4. The van der Waals surface area contributed by atoms with Crippen molar-refractivity contribution in [2.24, 2.45) is 0 Å². The molecule has 0 bridgehead atoms. The molecule has 0 fully saturated rings. The molecule has 4 aromatic carbocycles. The number of benzene rings is 6. The van der Waals surface area contributed by atoms with Crippen molar-refractivity contribution in [2.45, 2.75) is 0 Å². The third kappa shape index (κ3) is 1.88. The molecule has 0 atom stereocenters. The number of halogens is 1. The zero-order valence-electron chi connectivity index (χ0n) is 15.6. The Morgan fingerprint density at radius 1 is 0.690 bits per heavy atom. The second kappa shape index (κ2) is 5.45. The third-order valence-corrected chi connectivity index (χ3v) is 6.63. The molecule has 0 aliphatic heterocycles. The van der Waals surface area contributed by atoms with Crippen molar-refractivity contribution in [3.8, 4) is 22.6 Å². The van der Waals surface area contributed by atoms with Gasteiger partial charge in [0.05, 0.1) is 19.6 Å². The lowest BCUT2D eigenvalue weighted by molar-refractivity contribution is 0.416. The third-order valence-electron chi connectivity index (χ3n) is 5.97. The van der Waals surface area contributed by atoms with E-state index in [0.717, 1.165) is 37.1 Å². The van der Waals surface area contributed by atoms with Crippen LogP contribution in [0.15, 0.2) is 56.5 Å². The first-order chi connectivity index (χ1) is 14.0. The highest BCUT2D eigenvalue weighted by Crippen LogP contribution is 2.48. The quantitative estimate of drug-likeness (QED) is 0.271. The molecule has 0 unspecified atom stereocenters. The molecule has 2 aliphatic rings. The predicted molar refractivity (Wildman–Crippen MR) is 120 cm³/mol. The van der Waals surface area contributed by atoms with Crippen LogP contribution >= 0.6 is 15.9 Å². The fourth-order valence-corrected chi connectivity index (χ4v) is 5.31. The van der Waals surface area contributed by atoms with E-state index < -0.39 is 0 Å². The van der Waals surface area contributed by atoms with Crippen LogP contribution in [0.4, 0.5) is 0 Å². The van der Waals surface area contributed by atoms with Crippen LogP contribution in [0.25, 0.3) is 54.2 Å². The smallest absolute Gasteiger partial charge is 0.198 e. The summed E-state index contributed by atoms with van der Waals surface area (Å²) in [6, 6.07) is 13.0. The molecule has 4 aromatic rings. The molecule has 0 saturated carbocycles. The number of hydrogen-bond acceptors (Lipinski definition) is 4. The molecule has 0 heterocycles. The molecule has 0 spiro atoms. The topological polar surface area (TPSA) is 52.6 Å². The average Bonchev–Trinajstić information content (AvgIpc) is 2.74. The first-order valence-corrected chi connectivity index (χ1v) is 9.92. The monoisotopic (exact) mass is 444 g/mol.